The molecule has 0 aliphatic heterocycles. The number of rotatable bonds is 15. The lowest BCUT2D eigenvalue weighted by atomic mass is 9.91. The number of benzene rings is 3. The van der Waals surface area contributed by atoms with Crippen LogP contribution >= 0.6 is 0 Å². The molecule has 0 heterocycles. The minimum Gasteiger partial charge on any atom is -0.462 e. The molecule has 0 unspecified atom stereocenters. The molecule has 6 nitrogen and oxygen atoms in total. The second kappa shape index (κ2) is 15.9. The SMILES string of the molecule is C=C(C)C(=O)OCCCc1ccc(-c2ccc(-c3ccc(CCC(CO)CO)cc3CC)c(OC(=O)C(=C)C)c2)cc1. The summed E-state index contributed by atoms with van der Waals surface area (Å²) < 4.78 is 11.0. The van der Waals surface area contributed by atoms with Crippen LogP contribution in [0.4, 0.5) is 0 Å². The van der Waals surface area contributed by atoms with Crippen LogP contribution in [0, 0.1) is 5.92 Å². The van der Waals surface area contributed by atoms with Gasteiger partial charge in [-0.1, -0.05) is 74.7 Å². The van der Waals surface area contributed by atoms with Crippen molar-refractivity contribution in [1.82, 2.24) is 0 Å². The van der Waals surface area contributed by atoms with Crippen molar-refractivity contribution in [2.45, 2.75) is 52.9 Å². The number of carbonyl (C=O) groups is 2. The Kier molecular flexibility index (Phi) is 12.3. The Bertz CT molecular complexity index is 1400. The highest BCUT2D eigenvalue weighted by molar-refractivity contribution is 5.91. The number of hydrogen-bond donors (Lipinski definition) is 2. The molecule has 0 atom stereocenters. The third kappa shape index (κ3) is 9.00. The monoisotopic (exact) mass is 570 g/mol. The highest BCUT2D eigenvalue weighted by atomic mass is 16.5. The van der Waals surface area contributed by atoms with Gasteiger partial charge in [0.15, 0.2) is 0 Å². The van der Waals surface area contributed by atoms with Gasteiger partial charge in [-0.15, -0.1) is 0 Å². The lowest BCUT2D eigenvalue weighted by Crippen LogP contribution is -2.12. The van der Waals surface area contributed by atoms with Gasteiger partial charge in [-0.25, -0.2) is 9.59 Å². The number of esters is 2. The molecule has 0 fully saturated rings. The number of aliphatic hydroxyl groups excluding tert-OH is 2. The molecule has 0 amide bonds. The zero-order valence-corrected chi connectivity index (χ0v) is 24.9. The molecular formula is C36H42O6. The lowest BCUT2D eigenvalue weighted by molar-refractivity contribution is -0.139. The highest BCUT2D eigenvalue weighted by Gasteiger charge is 2.16. The maximum absolute atomic E-state index is 12.6. The molecule has 3 aromatic carbocycles. The van der Waals surface area contributed by atoms with Crippen LogP contribution in [0.3, 0.4) is 0 Å². The quantitative estimate of drug-likeness (QED) is 0.0920. The Morgan fingerprint density at radius 1 is 0.786 bits per heavy atom. The summed E-state index contributed by atoms with van der Waals surface area (Å²) in [5.41, 5.74) is 7.81. The molecule has 6 heteroatoms. The van der Waals surface area contributed by atoms with Gasteiger partial charge >= 0.3 is 11.9 Å². The van der Waals surface area contributed by atoms with E-state index in [1.165, 1.54) is 0 Å². The van der Waals surface area contributed by atoms with E-state index < -0.39 is 5.97 Å². The summed E-state index contributed by atoms with van der Waals surface area (Å²) in [6.45, 7) is 13.0. The van der Waals surface area contributed by atoms with E-state index in [1.807, 2.05) is 30.3 Å². The summed E-state index contributed by atoms with van der Waals surface area (Å²) in [6.07, 6.45) is 3.74. The minimum absolute atomic E-state index is 0.0330. The molecule has 0 aliphatic rings. The highest BCUT2D eigenvalue weighted by Crippen LogP contribution is 2.37. The van der Waals surface area contributed by atoms with Gasteiger partial charge in [0.1, 0.15) is 5.75 Å². The van der Waals surface area contributed by atoms with E-state index in [-0.39, 0.29) is 25.1 Å². The number of aryl methyl sites for hydroxylation is 3. The Balaban J connectivity index is 1.85. The van der Waals surface area contributed by atoms with Crippen molar-refractivity contribution in [2.75, 3.05) is 19.8 Å². The van der Waals surface area contributed by atoms with E-state index in [4.69, 9.17) is 9.47 Å². The molecule has 2 N–H and O–H groups in total. The first kappa shape index (κ1) is 32.5. The standard InChI is InChI=1S/C36H42O6/c1-6-29-20-27(9-10-28(22-37)23-38)13-17-32(29)33-18-16-31(21-34(33)42-36(40)25(4)5)30-14-11-26(12-15-30)8-7-19-41-35(39)24(2)3/h11-18,20-21,28,37-38H,2,4,6-10,19,22-23H2,1,3,5H3. The summed E-state index contributed by atoms with van der Waals surface area (Å²) in [5, 5.41) is 18.8. The summed E-state index contributed by atoms with van der Waals surface area (Å²) in [6, 6.07) is 20.3. The van der Waals surface area contributed by atoms with Crippen molar-refractivity contribution in [1.29, 1.82) is 0 Å². The first-order valence-corrected chi connectivity index (χ1v) is 14.4. The molecule has 0 aliphatic carbocycles. The first-order valence-electron chi connectivity index (χ1n) is 14.4. The lowest BCUT2D eigenvalue weighted by Gasteiger charge is -2.17. The molecule has 222 valence electrons. The van der Waals surface area contributed by atoms with Gasteiger partial charge in [0.2, 0.25) is 0 Å². The van der Waals surface area contributed by atoms with E-state index in [0.717, 1.165) is 64.6 Å². The molecule has 42 heavy (non-hydrogen) atoms. The van der Waals surface area contributed by atoms with Gasteiger partial charge in [-0.05, 0) is 85.4 Å². The maximum atomic E-state index is 12.6. The predicted molar refractivity (Wildman–Crippen MR) is 167 cm³/mol. The molecule has 0 bridgehead atoms. The number of ether oxygens (including phenoxy) is 2. The van der Waals surface area contributed by atoms with Gasteiger partial charge in [-0.2, -0.15) is 0 Å². The Labute approximate surface area is 249 Å². The van der Waals surface area contributed by atoms with Crippen LogP contribution in [0.1, 0.15) is 50.3 Å². The van der Waals surface area contributed by atoms with Gasteiger partial charge < -0.3 is 19.7 Å². The minimum atomic E-state index is -0.482. The Morgan fingerprint density at radius 2 is 1.40 bits per heavy atom. The van der Waals surface area contributed by atoms with Crippen LogP contribution < -0.4 is 4.74 Å². The summed E-state index contributed by atoms with van der Waals surface area (Å²) in [5.74, 6) is -0.513. The van der Waals surface area contributed by atoms with E-state index in [2.05, 4.69) is 50.4 Å². The third-order valence-electron chi connectivity index (χ3n) is 7.21. The summed E-state index contributed by atoms with van der Waals surface area (Å²) in [4.78, 5) is 24.2. The second-order valence-electron chi connectivity index (χ2n) is 10.7. The van der Waals surface area contributed by atoms with Crippen LogP contribution in [-0.4, -0.2) is 42.0 Å². The Hall–Kier alpha value is -4.00. The van der Waals surface area contributed by atoms with E-state index in [1.54, 1.807) is 13.8 Å². The largest absolute Gasteiger partial charge is 0.462 e. The Morgan fingerprint density at radius 3 is 2.02 bits per heavy atom. The van der Waals surface area contributed by atoms with Crippen molar-refractivity contribution in [3.8, 4) is 28.0 Å². The van der Waals surface area contributed by atoms with Crippen LogP contribution in [0.15, 0.2) is 85.0 Å². The molecule has 0 radical (unpaired) electrons. The number of carbonyl (C=O) groups excluding carboxylic acids is 2. The number of hydrogen-bond acceptors (Lipinski definition) is 6. The molecule has 0 aromatic heterocycles. The molecule has 3 aromatic rings. The van der Waals surface area contributed by atoms with Gasteiger partial charge in [0, 0.05) is 35.8 Å². The average molecular weight is 571 g/mol. The van der Waals surface area contributed by atoms with Gasteiger partial charge in [0.25, 0.3) is 0 Å². The fraction of sp³-hybridized carbons (Fsp3) is 0.333. The second-order valence-corrected chi connectivity index (χ2v) is 10.7. The van der Waals surface area contributed by atoms with E-state index in [0.29, 0.717) is 29.9 Å². The zero-order valence-electron chi connectivity index (χ0n) is 24.9. The van der Waals surface area contributed by atoms with E-state index in [9.17, 15) is 19.8 Å². The predicted octanol–water partition coefficient (Wildman–Crippen LogP) is 6.65. The fourth-order valence-corrected chi connectivity index (χ4v) is 4.59. The van der Waals surface area contributed by atoms with Crippen molar-refractivity contribution in [3.05, 3.63) is 102 Å². The van der Waals surface area contributed by atoms with Crippen LogP contribution in [0.25, 0.3) is 22.3 Å². The van der Waals surface area contributed by atoms with Gasteiger partial charge in [0.05, 0.1) is 6.61 Å². The van der Waals surface area contributed by atoms with Crippen molar-refractivity contribution in [3.63, 3.8) is 0 Å². The molecular weight excluding hydrogens is 528 g/mol. The number of aliphatic hydroxyl groups is 2. The van der Waals surface area contributed by atoms with Gasteiger partial charge in [-0.3, -0.25) is 0 Å². The van der Waals surface area contributed by atoms with Crippen LogP contribution in [0.5, 0.6) is 5.75 Å². The van der Waals surface area contributed by atoms with Crippen molar-refractivity contribution in [2.24, 2.45) is 5.92 Å². The molecule has 0 spiro atoms. The topological polar surface area (TPSA) is 93.1 Å². The average Bonchev–Trinajstić information content (AvgIpc) is 2.99. The maximum Gasteiger partial charge on any atom is 0.338 e. The molecule has 0 saturated carbocycles. The summed E-state index contributed by atoms with van der Waals surface area (Å²) >= 11 is 0. The molecule has 0 saturated heterocycles. The smallest absolute Gasteiger partial charge is 0.338 e. The zero-order chi connectivity index (χ0) is 30.6. The normalized spacial score (nSPS) is 10.9. The van der Waals surface area contributed by atoms with Crippen LogP contribution in [0.2, 0.25) is 0 Å². The fourth-order valence-electron chi connectivity index (χ4n) is 4.59. The first-order chi connectivity index (χ1) is 20.2. The van der Waals surface area contributed by atoms with Crippen molar-refractivity contribution >= 4 is 11.9 Å². The van der Waals surface area contributed by atoms with Crippen molar-refractivity contribution < 1.29 is 29.3 Å². The third-order valence-corrected chi connectivity index (χ3v) is 7.21. The van der Waals surface area contributed by atoms with E-state index >= 15 is 0 Å². The summed E-state index contributed by atoms with van der Waals surface area (Å²) in [7, 11) is 0. The molecule has 3 rings (SSSR count). The van der Waals surface area contributed by atoms with Crippen LogP contribution in [-0.2, 0) is 33.6 Å².